The molecule has 0 saturated carbocycles. The fraction of sp³-hybridized carbons (Fsp3) is 0.444. The van der Waals surface area contributed by atoms with Gasteiger partial charge in [-0.3, -0.25) is 9.79 Å². The first-order chi connectivity index (χ1) is 9.82. The summed E-state index contributed by atoms with van der Waals surface area (Å²) in [6.07, 6.45) is 3.48. The number of Topliss-reactive ketones (excluding diaryl/α,β-unsaturated/α-hetero) is 1. The summed E-state index contributed by atoms with van der Waals surface area (Å²) < 4.78 is 0. The van der Waals surface area contributed by atoms with Crippen molar-refractivity contribution in [1.29, 1.82) is 0 Å². The standard InChI is InChI=1S/C18H23NO2/c1-5-13-6-7-15(12(2)8-13)19-11-14-16(20)9-18(3,4)10-17(14)21/h6-8,11,20H,5,9-10H2,1-4H3. The number of rotatable bonds is 3. The average molecular weight is 285 g/mol. The van der Waals surface area contributed by atoms with E-state index in [-0.39, 0.29) is 17.0 Å². The summed E-state index contributed by atoms with van der Waals surface area (Å²) in [6, 6.07) is 6.10. The van der Waals surface area contributed by atoms with E-state index in [4.69, 9.17) is 0 Å². The van der Waals surface area contributed by atoms with E-state index in [9.17, 15) is 9.90 Å². The molecular formula is C18H23NO2. The van der Waals surface area contributed by atoms with Crippen LogP contribution in [0.5, 0.6) is 0 Å². The number of aliphatic hydroxyl groups excluding tert-OH is 1. The number of hydrogen-bond donors (Lipinski definition) is 1. The zero-order valence-electron chi connectivity index (χ0n) is 13.2. The van der Waals surface area contributed by atoms with Crippen molar-refractivity contribution in [3.63, 3.8) is 0 Å². The Morgan fingerprint density at radius 3 is 2.62 bits per heavy atom. The van der Waals surface area contributed by atoms with Crippen molar-refractivity contribution in [2.45, 2.75) is 47.0 Å². The summed E-state index contributed by atoms with van der Waals surface area (Å²) >= 11 is 0. The highest BCUT2D eigenvalue weighted by Crippen LogP contribution is 2.35. The maximum absolute atomic E-state index is 12.1. The average Bonchev–Trinajstić information content (AvgIpc) is 2.37. The molecule has 1 aliphatic carbocycles. The van der Waals surface area contributed by atoms with E-state index in [1.54, 1.807) is 0 Å². The van der Waals surface area contributed by atoms with Gasteiger partial charge < -0.3 is 5.11 Å². The molecule has 0 saturated heterocycles. The molecule has 0 unspecified atom stereocenters. The zero-order valence-corrected chi connectivity index (χ0v) is 13.2. The van der Waals surface area contributed by atoms with Crippen molar-refractivity contribution in [3.05, 3.63) is 40.7 Å². The number of aliphatic imine (C=N–C) groups is 1. The molecular weight excluding hydrogens is 262 g/mol. The topological polar surface area (TPSA) is 49.7 Å². The molecule has 0 amide bonds. The number of benzene rings is 1. The molecule has 3 heteroatoms. The van der Waals surface area contributed by atoms with E-state index in [2.05, 4.69) is 18.0 Å². The van der Waals surface area contributed by atoms with Crippen LogP contribution in [0.25, 0.3) is 0 Å². The smallest absolute Gasteiger partial charge is 0.168 e. The number of allylic oxidation sites excluding steroid dienone is 2. The van der Waals surface area contributed by atoms with Gasteiger partial charge in [0.2, 0.25) is 0 Å². The molecule has 1 aromatic carbocycles. The van der Waals surface area contributed by atoms with Gasteiger partial charge in [0.05, 0.1) is 11.3 Å². The minimum absolute atomic E-state index is 0.0321. The normalized spacial score (nSPS) is 18.6. The van der Waals surface area contributed by atoms with Crippen LogP contribution >= 0.6 is 0 Å². The van der Waals surface area contributed by atoms with E-state index in [1.807, 2.05) is 32.9 Å². The SMILES string of the molecule is CCc1ccc(N=CC2=C(O)CC(C)(C)CC2=O)c(C)c1. The summed E-state index contributed by atoms with van der Waals surface area (Å²) in [4.78, 5) is 16.5. The molecule has 1 N–H and O–H groups in total. The molecule has 0 aromatic heterocycles. The fourth-order valence-electron chi connectivity index (χ4n) is 2.66. The van der Waals surface area contributed by atoms with E-state index < -0.39 is 0 Å². The summed E-state index contributed by atoms with van der Waals surface area (Å²) in [6.45, 7) is 8.10. The van der Waals surface area contributed by atoms with Crippen molar-refractivity contribution in [2.75, 3.05) is 0 Å². The largest absolute Gasteiger partial charge is 0.511 e. The third kappa shape index (κ3) is 3.60. The van der Waals surface area contributed by atoms with Crippen LogP contribution in [0.4, 0.5) is 5.69 Å². The van der Waals surface area contributed by atoms with Crippen LogP contribution in [0, 0.1) is 12.3 Å². The second-order valence-electron chi connectivity index (χ2n) is 6.53. The van der Waals surface area contributed by atoms with Gasteiger partial charge in [-0.1, -0.05) is 32.9 Å². The van der Waals surface area contributed by atoms with Gasteiger partial charge in [0, 0.05) is 19.1 Å². The fourth-order valence-corrected chi connectivity index (χ4v) is 2.66. The number of nitrogens with zero attached hydrogens (tertiary/aromatic N) is 1. The lowest BCUT2D eigenvalue weighted by Crippen LogP contribution is -2.26. The Balaban J connectivity index is 2.27. The van der Waals surface area contributed by atoms with Crippen molar-refractivity contribution in [1.82, 2.24) is 0 Å². The molecule has 2 rings (SSSR count). The Hall–Kier alpha value is -1.90. The Bertz CT molecular complexity index is 624. The highest BCUT2D eigenvalue weighted by Gasteiger charge is 2.32. The van der Waals surface area contributed by atoms with Crippen molar-refractivity contribution in [2.24, 2.45) is 10.4 Å². The van der Waals surface area contributed by atoms with Gasteiger partial charge in [-0.25, -0.2) is 0 Å². The van der Waals surface area contributed by atoms with Crippen molar-refractivity contribution < 1.29 is 9.90 Å². The summed E-state index contributed by atoms with van der Waals surface area (Å²) in [7, 11) is 0. The molecule has 0 spiro atoms. The quantitative estimate of drug-likeness (QED) is 0.833. The lowest BCUT2D eigenvalue weighted by Gasteiger charge is -2.28. The van der Waals surface area contributed by atoms with Crippen LogP contribution < -0.4 is 0 Å². The van der Waals surface area contributed by atoms with Gasteiger partial charge >= 0.3 is 0 Å². The molecule has 1 aliphatic rings. The highest BCUT2D eigenvalue weighted by atomic mass is 16.3. The Kier molecular flexibility index (Phi) is 4.31. The lowest BCUT2D eigenvalue weighted by atomic mass is 9.77. The first kappa shape index (κ1) is 15.5. The van der Waals surface area contributed by atoms with Gasteiger partial charge in [0.1, 0.15) is 5.76 Å². The Morgan fingerprint density at radius 1 is 1.33 bits per heavy atom. The molecule has 0 bridgehead atoms. The van der Waals surface area contributed by atoms with Crippen LogP contribution in [0.2, 0.25) is 0 Å². The number of aryl methyl sites for hydroxylation is 2. The van der Waals surface area contributed by atoms with E-state index in [1.165, 1.54) is 11.8 Å². The van der Waals surface area contributed by atoms with Crippen LogP contribution in [-0.2, 0) is 11.2 Å². The molecule has 0 aliphatic heterocycles. The van der Waals surface area contributed by atoms with Crippen LogP contribution in [-0.4, -0.2) is 17.1 Å². The highest BCUT2D eigenvalue weighted by molar-refractivity contribution is 6.14. The Morgan fingerprint density at radius 2 is 2.05 bits per heavy atom. The predicted octanol–water partition coefficient (Wildman–Crippen LogP) is 4.46. The lowest BCUT2D eigenvalue weighted by molar-refractivity contribution is -0.117. The second kappa shape index (κ2) is 5.84. The maximum Gasteiger partial charge on any atom is 0.168 e. The first-order valence-electron chi connectivity index (χ1n) is 7.41. The summed E-state index contributed by atoms with van der Waals surface area (Å²) in [5, 5.41) is 10.1. The predicted molar refractivity (Wildman–Crippen MR) is 86.4 cm³/mol. The van der Waals surface area contributed by atoms with Gasteiger partial charge in [-0.15, -0.1) is 0 Å². The monoisotopic (exact) mass is 285 g/mol. The summed E-state index contributed by atoms with van der Waals surface area (Å²) in [5.41, 5.74) is 3.37. The number of aliphatic hydroxyl groups is 1. The molecule has 0 atom stereocenters. The summed E-state index contributed by atoms with van der Waals surface area (Å²) in [5.74, 6) is 0.123. The minimum atomic E-state index is -0.169. The number of carbonyl (C=O) groups excluding carboxylic acids is 1. The number of hydrogen-bond acceptors (Lipinski definition) is 3. The number of carbonyl (C=O) groups is 1. The van der Waals surface area contributed by atoms with Gasteiger partial charge in [0.15, 0.2) is 5.78 Å². The molecule has 0 radical (unpaired) electrons. The maximum atomic E-state index is 12.1. The van der Waals surface area contributed by atoms with Crippen LogP contribution in [0.1, 0.15) is 44.7 Å². The molecule has 0 heterocycles. The van der Waals surface area contributed by atoms with Crippen LogP contribution in [0.3, 0.4) is 0 Å². The molecule has 0 fully saturated rings. The molecule has 112 valence electrons. The third-order valence-electron chi connectivity index (χ3n) is 3.90. The van der Waals surface area contributed by atoms with Crippen molar-refractivity contribution >= 4 is 17.7 Å². The minimum Gasteiger partial charge on any atom is -0.511 e. The van der Waals surface area contributed by atoms with Crippen LogP contribution in [0.15, 0.2) is 34.5 Å². The molecule has 21 heavy (non-hydrogen) atoms. The third-order valence-corrected chi connectivity index (χ3v) is 3.90. The van der Waals surface area contributed by atoms with E-state index in [0.717, 1.165) is 17.7 Å². The number of ketones is 1. The van der Waals surface area contributed by atoms with Gasteiger partial charge in [0.25, 0.3) is 0 Å². The van der Waals surface area contributed by atoms with Gasteiger partial charge in [-0.2, -0.15) is 0 Å². The first-order valence-corrected chi connectivity index (χ1v) is 7.41. The second-order valence-corrected chi connectivity index (χ2v) is 6.53. The van der Waals surface area contributed by atoms with E-state index >= 15 is 0 Å². The van der Waals surface area contributed by atoms with Gasteiger partial charge in [-0.05, 0) is 36.0 Å². The van der Waals surface area contributed by atoms with E-state index in [0.29, 0.717) is 18.4 Å². The molecule has 3 nitrogen and oxygen atoms in total. The Labute approximate surface area is 126 Å². The zero-order chi connectivity index (χ0) is 15.6. The van der Waals surface area contributed by atoms with Crippen molar-refractivity contribution in [3.8, 4) is 0 Å². The molecule has 1 aromatic rings.